The van der Waals surface area contributed by atoms with Gasteiger partial charge in [-0.3, -0.25) is 9.59 Å². The first-order chi connectivity index (χ1) is 13.1. The molecule has 1 heterocycles. The second-order valence-corrected chi connectivity index (χ2v) is 6.11. The number of imide groups is 1. The van der Waals surface area contributed by atoms with Crippen molar-refractivity contribution in [3.05, 3.63) is 65.7 Å². The largest absolute Gasteiger partial charge is 0.497 e. The van der Waals surface area contributed by atoms with Crippen LogP contribution in [-0.2, 0) is 20.7 Å². The van der Waals surface area contributed by atoms with Crippen LogP contribution >= 0.6 is 0 Å². The van der Waals surface area contributed by atoms with Crippen molar-refractivity contribution >= 4 is 17.9 Å². The van der Waals surface area contributed by atoms with E-state index in [4.69, 9.17) is 9.47 Å². The van der Waals surface area contributed by atoms with Crippen LogP contribution in [0.3, 0.4) is 0 Å². The van der Waals surface area contributed by atoms with E-state index in [1.807, 2.05) is 42.5 Å². The summed E-state index contributed by atoms with van der Waals surface area (Å²) in [6, 6.07) is 15.9. The molecular formula is C20H20N2O5. The van der Waals surface area contributed by atoms with Gasteiger partial charge in [0.1, 0.15) is 5.75 Å². The lowest BCUT2D eigenvalue weighted by atomic mass is 10.1. The first-order valence-corrected chi connectivity index (χ1v) is 8.51. The van der Waals surface area contributed by atoms with Gasteiger partial charge in [-0.1, -0.05) is 42.5 Å². The zero-order valence-corrected chi connectivity index (χ0v) is 14.9. The summed E-state index contributed by atoms with van der Waals surface area (Å²) in [6.45, 7) is -0.240. The number of benzene rings is 2. The summed E-state index contributed by atoms with van der Waals surface area (Å²) >= 11 is 0. The molecule has 27 heavy (non-hydrogen) atoms. The maximum atomic E-state index is 12.5. The molecule has 3 rings (SSSR count). The molecule has 1 unspecified atom stereocenters. The van der Waals surface area contributed by atoms with E-state index in [0.717, 1.165) is 16.0 Å². The molecule has 7 heteroatoms. The monoisotopic (exact) mass is 368 g/mol. The number of hydrogen-bond donors (Lipinski definition) is 1. The second-order valence-electron chi connectivity index (χ2n) is 6.11. The fraction of sp³-hybridized carbons (Fsp3) is 0.250. The molecule has 0 saturated carbocycles. The Bertz CT molecular complexity index is 804. The number of cyclic esters (lactones) is 1. The van der Waals surface area contributed by atoms with Crippen molar-refractivity contribution in [1.29, 1.82) is 0 Å². The van der Waals surface area contributed by atoms with Crippen molar-refractivity contribution in [3.63, 3.8) is 0 Å². The Hall–Kier alpha value is -3.35. The van der Waals surface area contributed by atoms with E-state index in [9.17, 15) is 14.4 Å². The Morgan fingerprint density at radius 1 is 1.15 bits per heavy atom. The highest BCUT2D eigenvalue weighted by molar-refractivity contribution is 5.97. The van der Waals surface area contributed by atoms with Crippen LogP contribution < -0.4 is 10.1 Å². The third-order valence-electron chi connectivity index (χ3n) is 4.27. The lowest BCUT2D eigenvalue weighted by Gasteiger charge is -2.23. The Kier molecular flexibility index (Phi) is 5.71. The molecule has 2 aromatic carbocycles. The summed E-state index contributed by atoms with van der Waals surface area (Å²) in [5.74, 6) is 0.0896. The van der Waals surface area contributed by atoms with E-state index in [1.54, 1.807) is 19.2 Å². The van der Waals surface area contributed by atoms with Gasteiger partial charge in [0.25, 0.3) is 5.91 Å². The quantitative estimate of drug-likeness (QED) is 0.809. The van der Waals surface area contributed by atoms with Crippen LogP contribution in [0.15, 0.2) is 54.6 Å². The fourth-order valence-electron chi connectivity index (χ4n) is 2.83. The van der Waals surface area contributed by atoms with E-state index >= 15 is 0 Å². The van der Waals surface area contributed by atoms with Gasteiger partial charge < -0.3 is 14.8 Å². The Morgan fingerprint density at radius 2 is 1.85 bits per heavy atom. The van der Waals surface area contributed by atoms with Crippen LogP contribution in [0.25, 0.3) is 0 Å². The van der Waals surface area contributed by atoms with Crippen molar-refractivity contribution in [1.82, 2.24) is 10.2 Å². The van der Waals surface area contributed by atoms with Crippen molar-refractivity contribution in [2.45, 2.75) is 12.5 Å². The van der Waals surface area contributed by atoms with Crippen LogP contribution in [0.2, 0.25) is 0 Å². The van der Waals surface area contributed by atoms with Crippen molar-refractivity contribution < 1.29 is 23.9 Å². The van der Waals surface area contributed by atoms with E-state index < -0.39 is 18.0 Å². The minimum absolute atomic E-state index is 0.0238. The minimum Gasteiger partial charge on any atom is -0.497 e. The summed E-state index contributed by atoms with van der Waals surface area (Å²) in [4.78, 5) is 37.1. The van der Waals surface area contributed by atoms with Gasteiger partial charge in [-0.15, -0.1) is 0 Å². The molecule has 3 amide bonds. The number of carbonyl (C=O) groups is 3. The number of nitrogens with one attached hydrogen (secondary N) is 1. The predicted molar refractivity (Wildman–Crippen MR) is 97.1 cm³/mol. The molecule has 0 bridgehead atoms. The average Bonchev–Trinajstić information content (AvgIpc) is 3.00. The van der Waals surface area contributed by atoms with Gasteiger partial charge in [0, 0.05) is 0 Å². The van der Waals surface area contributed by atoms with Gasteiger partial charge in [-0.2, -0.15) is 0 Å². The third-order valence-corrected chi connectivity index (χ3v) is 4.27. The van der Waals surface area contributed by atoms with Crippen molar-refractivity contribution in [2.75, 3.05) is 20.3 Å². The topological polar surface area (TPSA) is 84.9 Å². The molecule has 1 N–H and O–H groups in total. The number of carbonyl (C=O) groups excluding carboxylic acids is 3. The highest BCUT2D eigenvalue weighted by Crippen LogP contribution is 2.18. The molecule has 0 aliphatic carbocycles. The minimum atomic E-state index is -0.690. The van der Waals surface area contributed by atoms with Crippen LogP contribution in [0.4, 0.5) is 4.79 Å². The molecule has 0 aromatic heterocycles. The summed E-state index contributed by atoms with van der Waals surface area (Å²) in [5, 5.41) is 2.91. The zero-order chi connectivity index (χ0) is 19.2. The van der Waals surface area contributed by atoms with E-state index in [1.165, 1.54) is 0 Å². The number of methoxy groups -OCH3 is 1. The normalized spacial score (nSPS) is 14.6. The average molecular weight is 368 g/mol. The Labute approximate surface area is 156 Å². The van der Waals surface area contributed by atoms with Gasteiger partial charge in [-0.05, 0) is 23.3 Å². The molecule has 7 nitrogen and oxygen atoms in total. The highest BCUT2D eigenvalue weighted by atomic mass is 16.6. The molecule has 1 atom stereocenters. The van der Waals surface area contributed by atoms with Gasteiger partial charge in [0.2, 0.25) is 5.91 Å². The van der Waals surface area contributed by atoms with Crippen LogP contribution in [0.1, 0.15) is 17.2 Å². The lowest BCUT2D eigenvalue weighted by molar-refractivity contribution is -0.127. The number of ether oxygens (including phenoxy) is 2. The number of hydrogen-bond acceptors (Lipinski definition) is 5. The molecular weight excluding hydrogens is 348 g/mol. The third kappa shape index (κ3) is 4.63. The van der Waals surface area contributed by atoms with E-state index in [-0.39, 0.29) is 25.5 Å². The molecule has 1 aliphatic heterocycles. The van der Waals surface area contributed by atoms with Gasteiger partial charge in [0.05, 0.1) is 26.1 Å². The Balaban J connectivity index is 1.71. The molecule has 140 valence electrons. The van der Waals surface area contributed by atoms with Crippen molar-refractivity contribution in [3.8, 4) is 5.75 Å². The van der Waals surface area contributed by atoms with Gasteiger partial charge >= 0.3 is 6.09 Å². The molecule has 2 aromatic rings. The summed E-state index contributed by atoms with van der Waals surface area (Å²) in [7, 11) is 1.58. The summed E-state index contributed by atoms with van der Waals surface area (Å²) in [5.41, 5.74) is 1.63. The van der Waals surface area contributed by atoms with Crippen molar-refractivity contribution in [2.24, 2.45) is 0 Å². The lowest BCUT2D eigenvalue weighted by Crippen LogP contribution is -2.40. The van der Waals surface area contributed by atoms with E-state index in [2.05, 4.69) is 5.32 Å². The molecule has 0 spiro atoms. The molecule has 1 fully saturated rings. The maximum absolute atomic E-state index is 12.5. The standard InChI is InChI=1S/C20H20N2O5/c1-26-16-9-7-14(8-10-16)11-18(23)21-17(15-5-3-2-4-6-15)12-22-19(24)13-27-20(22)25/h2-10,17H,11-13H2,1H3,(H,21,23). The molecule has 1 saturated heterocycles. The first kappa shape index (κ1) is 18.4. The summed E-state index contributed by atoms with van der Waals surface area (Å²) in [6.07, 6.45) is -0.517. The van der Waals surface area contributed by atoms with Crippen LogP contribution in [0.5, 0.6) is 5.75 Å². The number of amides is 3. The van der Waals surface area contributed by atoms with Crippen LogP contribution in [0, 0.1) is 0 Å². The first-order valence-electron chi connectivity index (χ1n) is 8.51. The smallest absolute Gasteiger partial charge is 0.417 e. The van der Waals surface area contributed by atoms with E-state index in [0.29, 0.717) is 5.75 Å². The maximum Gasteiger partial charge on any atom is 0.417 e. The SMILES string of the molecule is COc1ccc(CC(=O)NC(CN2C(=O)COC2=O)c2ccccc2)cc1. The Morgan fingerprint density at radius 3 is 2.44 bits per heavy atom. The predicted octanol–water partition coefficient (Wildman–Crippen LogP) is 2.07. The molecule has 0 radical (unpaired) electrons. The molecule has 1 aliphatic rings. The van der Waals surface area contributed by atoms with Gasteiger partial charge in [-0.25, -0.2) is 9.69 Å². The zero-order valence-electron chi connectivity index (χ0n) is 14.9. The highest BCUT2D eigenvalue weighted by Gasteiger charge is 2.33. The second kappa shape index (κ2) is 8.35. The van der Waals surface area contributed by atoms with Gasteiger partial charge in [0.15, 0.2) is 6.61 Å². The number of rotatable bonds is 7. The fourth-order valence-corrected chi connectivity index (χ4v) is 2.83. The summed E-state index contributed by atoms with van der Waals surface area (Å²) < 4.78 is 9.86. The van der Waals surface area contributed by atoms with Crippen LogP contribution in [-0.4, -0.2) is 43.1 Å². The number of nitrogens with zero attached hydrogens (tertiary/aromatic N) is 1.